The second kappa shape index (κ2) is 6.77. The molecule has 0 bridgehead atoms. The molecule has 0 aromatic heterocycles. The van der Waals surface area contributed by atoms with E-state index in [9.17, 15) is 0 Å². The van der Waals surface area contributed by atoms with Crippen LogP contribution in [0.1, 0.15) is 11.1 Å². The topological polar surface area (TPSA) is 15.3 Å². The van der Waals surface area contributed by atoms with Crippen LogP contribution in [0.5, 0.6) is 0 Å². The fourth-order valence-electron chi connectivity index (χ4n) is 3.13. The first-order valence-corrected chi connectivity index (χ1v) is 7.85. The van der Waals surface area contributed by atoms with Crippen molar-refractivity contribution < 1.29 is 0 Å². The zero-order chi connectivity index (χ0) is 14.5. The summed E-state index contributed by atoms with van der Waals surface area (Å²) in [6.07, 6.45) is 2.33. The van der Waals surface area contributed by atoms with Crippen molar-refractivity contribution in [2.45, 2.75) is 12.8 Å². The zero-order valence-electron chi connectivity index (χ0n) is 12.8. The lowest BCUT2D eigenvalue weighted by atomic mass is 9.93. The minimum atomic E-state index is 0.709. The molecule has 1 N–H and O–H groups in total. The average Bonchev–Trinajstić information content (AvgIpc) is 2.54. The summed E-state index contributed by atoms with van der Waals surface area (Å²) < 4.78 is 0. The lowest BCUT2D eigenvalue weighted by Crippen LogP contribution is -2.34. The molecule has 1 atom stereocenters. The molecule has 0 radical (unpaired) electrons. The van der Waals surface area contributed by atoms with Crippen LogP contribution in [0.25, 0.3) is 0 Å². The Morgan fingerprint density at radius 2 is 1.81 bits per heavy atom. The number of anilines is 1. The van der Waals surface area contributed by atoms with E-state index in [0.717, 1.165) is 26.1 Å². The molecule has 1 aliphatic heterocycles. The second-order valence-corrected chi connectivity index (χ2v) is 6.11. The zero-order valence-corrected chi connectivity index (χ0v) is 12.8. The van der Waals surface area contributed by atoms with Gasteiger partial charge in [-0.3, -0.25) is 0 Å². The first-order chi connectivity index (χ1) is 10.3. The van der Waals surface area contributed by atoms with E-state index in [1.54, 1.807) is 0 Å². The van der Waals surface area contributed by atoms with Gasteiger partial charge in [-0.2, -0.15) is 0 Å². The summed E-state index contributed by atoms with van der Waals surface area (Å²) in [6.45, 7) is 3.38. The van der Waals surface area contributed by atoms with Crippen molar-refractivity contribution >= 4 is 5.69 Å². The Bertz CT molecular complexity index is 565. The highest BCUT2D eigenvalue weighted by Gasteiger charge is 2.18. The molecule has 2 nitrogen and oxygen atoms in total. The van der Waals surface area contributed by atoms with Gasteiger partial charge >= 0.3 is 0 Å². The first kappa shape index (κ1) is 14.2. The molecule has 2 heteroatoms. The number of hydrogen-bond acceptors (Lipinski definition) is 2. The summed E-state index contributed by atoms with van der Waals surface area (Å²) in [6, 6.07) is 19.4. The van der Waals surface area contributed by atoms with Crippen molar-refractivity contribution in [2.24, 2.45) is 5.92 Å². The minimum Gasteiger partial charge on any atom is -0.384 e. The monoisotopic (exact) mass is 280 g/mol. The number of para-hydroxylation sites is 1. The lowest BCUT2D eigenvalue weighted by Gasteiger charge is -2.29. The number of rotatable bonds is 5. The van der Waals surface area contributed by atoms with Gasteiger partial charge in [-0.25, -0.2) is 0 Å². The minimum absolute atomic E-state index is 0.709. The van der Waals surface area contributed by atoms with Gasteiger partial charge in [0.1, 0.15) is 0 Å². The van der Waals surface area contributed by atoms with Crippen molar-refractivity contribution in [2.75, 3.05) is 32.0 Å². The number of benzene rings is 2. The quantitative estimate of drug-likeness (QED) is 0.902. The van der Waals surface area contributed by atoms with Crippen molar-refractivity contribution in [3.05, 3.63) is 65.7 Å². The Hall–Kier alpha value is -1.80. The van der Waals surface area contributed by atoms with E-state index in [0.29, 0.717) is 5.92 Å². The molecule has 0 saturated carbocycles. The molecule has 2 aromatic rings. The first-order valence-electron chi connectivity index (χ1n) is 7.85. The van der Waals surface area contributed by atoms with Crippen molar-refractivity contribution in [1.82, 2.24) is 4.90 Å². The molecule has 0 saturated heterocycles. The van der Waals surface area contributed by atoms with E-state index in [2.05, 4.69) is 71.9 Å². The van der Waals surface area contributed by atoms with Crippen LogP contribution < -0.4 is 5.32 Å². The SMILES string of the molecule is CN(CCc1ccccc1)CC1CNc2ccccc2C1. The van der Waals surface area contributed by atoms with Crippen LogP contribution in [0.4, 0.5) is 5.69 Å². The second-order valence-electron chi connectivity index (χ2n) is 6.11. The fraction of sp³-hybridized carbons (Fsp3) is 0.368. The number of likely N-dealkylation sites (N-methyl/N-ethyl adjacent to an activating group) is 1. The molecule has 2 aromatic carbocycles. The number of nitrogens with zero attached hydrogens (tertiary/aromatic N) is 1. The maximum Gasteiger partial charge on any atom is 0.0372 e. The van der Waals surface area contributed by atoms with E-state index >= 15 is 0 Å². The van der Waals surface area contributed by atoms with Gasteiger partial charge in [0.15, 0.2) is 0 Å². The molecular weight excluding hydrogens is 256 g/mol. The maximum absolute atomic E-state index is 3.57. The maximum atomic E-state index is 3.57. The van der Waals surface area contributed by atoms with Gasteiger partial charge < -0.3 is 10.2 Å². The molecule has 1 aliphatic rings. The van der Waals surface area contributed by atoms with E-state index in [-0.39, 0.29) is 0 Å². The third kappa shape index (κ3) is 3.85. The van der Waals surface area contributed by atoms with E-state index in [1.807, 2.05) is 0 Å². The Labute approximate surface area is 127 Å². The van der Waals surface area contributed by atoms with Crippen LogP contribution in [-0.2, 0) is 12.8 Å². The van der Waals surface area contributed by atoms with E-state index in [4.69, 9.17) is 0 Å². The summed E-state index contributed by atoms with van der Waals surface area (Å²) in [7, 11) is 2.24. The third-order valence-electron chi connectivity index (χ3n) is 4.30. The Morgan fingerprint density at radius 3 is 2.67 bits per heavy atom. The Morgan fingerprint density at radius 1 is 1.05 bits per heavy atom. The molecule has 110 valence electrons. The highest BCUT2D eigenvalue weighted by Crippen LogP contribution is 2.24. The molecule has 0 amide bonds. The summed E-state index contributed by atoms with van der Waals surface area (Å²) in [5.41, 5.74) is 4.21. The molecule has 0 fully saturated rings. The van der Waals surface area contributed by atoms with Gasteiger partial charge in [0, 0.05) is 25.3 Å². The molecule has 1 unspecified atom stereocenters. The van der Waals surface area contributed by atoms with Gasteiger partial charge in [0.25, 0.3) is 0 Å². The summed E-state index contributed by atoms with van der Waals surface area (Å²) >= 11 is 0. The van der Waals surface area contributed by atoms with Crippen molar-refractivity contribution in [3.8, 4) is 0 Å². The van der Waals surface area contributed by atoms with Crippen LogP contribution in [0, 0.1) is 5.92 Å². The normalized spacial score (nSPS) is 17.3. The highest BCUT2D eigenvalue weighted by atomic mass is 15.1. The molecule has 21 heavy (non-hydrogen) atoms. The molecular formula is C19H24N2. The summed E-state index contributed by atoms with van der Waals surface area (Å²) in [5.74, 6) is 0.709. The predicted molar refractivity (Wildman–Crippen MR) is 89.8 cm³/mol. The van der Waals surface area contributed by atoms with Gasteiger partial charge in [-0.15, -0.1) is 0 Å². The van der Waals surface area contributed by atoms with Crippen LogP contribution in [-0.4, -0.2) is 31.6 Å². The number of hydrogen-bond donors (Lipinski definition) is 1. The smallest absolute Gasteiger partial charge is 0.0372 e. The lowest BCUT2D eigenvalue weighted by molar-refractivity contribution is 0.281. The van der Waals surface area contributed by atoms with Crippen LogP contribution in [0.2, 0.25) is 0 Å². The number of nitrogens with one attached hydrogen (secondary N) is 1. The van der Waals surface area contributed by atoms with Gasteiger partial charge in [0.2, 0.25) is 0 Å². The Kier molecular flexibility index (Phi) is 4.56. The standard InChI is InChI=1S/C19H24N2/c1-21(12-11-16-7-3-2-4-8-16)15-17-13-18-9-5-6-10-19(18)20-14-17/h2-10,17,20H,11-15H2,1H3. The highest BCUT2D eigenvalue weighted by molar-refractivity contribution is 5.53. The van der Waals surface area contributed by atoms with Crippen LogP contribution in [0.15, 0.2) is 54.6 Å². The van der Waals surface area contributed by atoms with E-state index in [1.165, 1.54) is 23.2 Å². The van der Waals surface area contributed by atoms with Crippen molar-refractivity contribution in [3.63, 3.8) is 0 Å². The van der Waals surface area contributed by atoms with Crippen molar-refractivity contribution in [1.29, 1.82) is 0 Å². The average molecular weight is 280 g/mol. The Balaban J connectivity index is 1.49. The molecule has 0 spiro atoms. The van der Waals surface area contributed by atoms with Crippen LogP contribution in [0.3, 0.4) is 0 Å². The van der Waals surface area contributed by atoms with Gasteiger partial charge in [0.05, 0.1) is 0 Å². The van der Waals surface area contributed by atoms with Crippen LogP contribution >= 0.6 is 0 Å². The third-order valence-corrected chi connectivity index (χ3v) is 4.30. The van der Waals surface area contributed by atoms with Gasteiger partial charge in [-0.1, -0.05) is 48.5 Å². The molecule has 1 heterocycles. The summed E-state index contributed by atoms with van der Waals surface area (Å²) in [5, 5.41) is 3.57. The van der Waals surface area contributed by atoms with E-state index < -0.39 is 0 Å². The fourth-order valence-corrected chi connectivity index (χ4v) is 3.13. The molecule has 3 rings (SSSR count). The molecule has 0 aliphatic carbocycles. The van der Waals surface area contributed by atoms with Gasteiger partial charge in [-0.05, 0) is 43.0 Å². The summed E-state index contributed by atoms with van der Waals surface area (Å²) in [4.78, 5) is 2.47. The largest absolute Gasteiger partial charge is 0.384 e. The predicted octanol–water partition coefficient (Wildman–Crippen LogP) is 3.45. The number of fused-ring (bicyclic) bond motifs is 1.